The number of nitrogens with zero attached hydrogens (tertiary/aromatic N) is 2. The molecular formula is C23H19Cl2F2N3O3S. The van der Waals surface area contributed by atoms with E-state index in [0.717, 1.165) is 16.4 Å². The average Bonchev–Trinajstić information content (AvgIpc) is 2.82. The molecule has 6 nitrogen and oxygen atoms in total. The fraction of sp³-hybridized carbons (Fsp3) is 0.174. The molecule has 0 aliphatic carbocycles. The lowest BCUT2D eigenvalue weighted by Gasteiger charge is -2.35. The van der Waals surface area contributed by atoms with Gasteiger partial charge in [0.2, 0.25) is 10.0 Å². The minimum Gasteiger partial charge on any atom is -0.367 e. The van der Waals surface area contributed by atoms with Crippen LogP contribution in [0.15, 0.2) is 65.6 Å². The summed E-state index contributed by atoms with van der Waals surface area (Å²) in [5, 5.41) is 3.12. The third-order valence-electron chi connectivity index (χ3n) is 5.42. The summed E-state index contributed by atoms with van der Waals surface area (Å²) in [7, 11) is -4.23. The molecule has 11 heteroatoms. The highest BCUT2D eigenvalue weighted by Gasteiger charge is 2.32. The van der Waals surface area contributed by atoms with Gasteiger partial charge in [0, 0.05) is 37.4 Å². The Balaban J connectivity index is 1.52. The first-order chi connectivity index (χ1) is 16.2. The molecule has 1 amide bonds. The summed E-state index contributed by atoms with van der Waals surface area (Å²) < 4.78 is 56.1. The number of hydrogen-bond donors (Lipinski definition) is 1. The van der Waals surface area contributed by atoms with E-state index in [2.05, 4.69) is 5.32 Å². The highest BCUT2D eigenvalue weighted by molar-refractivity contribution is 7.89. The van der Waals surface area contributed by atoms with Crippen LogP contribution < -0.4 is 10.2 Å². The minimum absolute atomic E-state index is 0.0375. The second kappa shape index (κ2) is 9.87. The van der Waals surface area contributed by atoms with E-state index in [-0.39, 0.29) is 36.8 Å². The molecule has 4 rings (SSSR count). The van der Waals surface area contributed by atoms with Gasteiger partial charge in [0.05, 0.1) is 15.7 Å². The minimum atomic E-state index is -4.23. The summed E-state index contributed by atoms with van der Waals surface area (Å²) in [6.45, 7) is 0.546. The van der Waals surface area contributed by atoms with Crippen molar-refractivity contribution in [2.45, 2.75) is 4.90 Å². The smallest absolute Gasteiger partial charge is 0.255 e. The molecule has 1 aliphatic heterocycles. The lowest BCUT2D eigenvalue weighted by atomic mass is 10.2. The van der Waals surface area contributed by atoms with Gasteiger partial charge in [0.1, 0.15) is 16.5 Å². The normalized spacial score (nSPS) is 14.8. The lowest BCUT2D eigenvalue weighted by molar-refractivity contribution is 0.102. The summed E-state index contributed by atoms with van der Waals surface area (Å²) >= 11 is 11.8. The number of carbonyl (C=O) groups is 1. The molecule has 0 aromatic heterocycles. The number of amides is 1. The predicted octanol–water partition coefficient (Wildman–Crippen LogP) is 5.03. The zero-order chi connectivity index (χ0) is 24.5. The maximum absolute atomic E-state index is 14.6. The number of halogens is 4. The zero-order valence-corrected chi connectivity index (χ0v) is 20.0. The van der Waals surface area contributed by atoms with Gasteiger partial charge in [-0.25, -0.2) is 17.2 Å². The van der Waals surface area contributed by atoms with Crippen LogP contribution >= 0.6 is 23.2 Å². The molecule has 1 aliphatic rings. The molecule has 34 heavy (non-hydrogen) atoms. The summed E-state index contributed by atoms with van der Waals surface area (Å²) in [6, 6.07) is 13.8. The zero-order valence-electron chi connectivity index (χ0n) is 17.6. The van der Waals surface area contributed by atoms with Gasteiger partial charge in [-0.3, -0.25) is 4.79 Å². The van der Waals surface area contributed by atoms with Gasteiger partial charge in [0.15, 0.2) is 0 Å². The van der Waals surface area contributed by atoms with Crippen LogP contribution in [0.25, 0.3) is 0 Å². The van der Waals surface area contributed by atoms with Gasteiger partial charge >= 0.3 is 0 Å². The van der Waals surface area contributed by atoms with Crippen molar-refractivity contribution in [3.05, 3.63) is 87.9 Å². The van der Waals surface area contributed by atoms with Gasteiger partial charge in [-0.15, -0.1) is 0 Å². The Morgan fingerprint density at radius 1 is 0.853 bits per heavy atom. The van der Waals surface area contributed by atoms with Crippen LogP contribution in [0.2, 0.25) is 10.0 Å². The van der Waals surface area contributed by atoms with E-state index in [4.69, 9.17) is 23.2 Å². The number of nitrogens with one attached hydrogen (secondary N) is 1. The van der Waals surface area contributed by atoms with E-state index in [0.29, 0.717) is 16.4 Å². The Morgan fingerprint density at radius 2 is 1.56 bits per heavy atom. The summed E-state index contributed by atoms with van der Waals surface area (Å²) in [5.74, 6) is -2.01. The maximum atomic E-state index is 14.6. The number of hydrogen-bond acceptors (Lipinski definition) is 4. The number of anilines is 2. The van der Waals surface area contributed by atoms with Crippen LogP contribution in [-0.4, -0.2) is 44.8 Å². The van der Waals surface area contributed by atoms with Gasteiger partial charge < -0.3 is 10.2 Å². The molecule has 0 spiro atoms. The molecule has 1 heterocycles. The third kappa shape index (κ3) is 5.02. The van der Waals surface area contributed by atoms with Crippen molar-refractivity contribution in [2.75, 3.05) is 36.4 Å². The second-order valence-corrected chi connectivity index (χ2v) is 10.3. The number of carbonyl (C=O) groups excluding carboxylic acids is 1. The molecule has 1 fully saturated rings. The summed E-state index contributed by atoms with van der Waals surface area (Å²) in [5.41, 5.74) is 0.681. The standard InChI is InChI=1S/C23H19Cl2F2N3O3S/c24-17-7-6-16(14-18(17)25)28-23(31)15-5-8-20(27)22(13-15)34(32,33)30-11-9-29(10-12-30)21-4-2-1-3-19(21)26/h1-8,13-14H,9-12H2,(H,28,31). The topological polar surface area (TPSA) is 69.7 Å². The summed E-state index contributed by atoms with van der Waals surface area (Å²) in [6.07, 6.45) is 0. The van der Waals surface area contributed by atoms with Crippen LogP contribution in [0.5, 0.6) is 0 Å². The first-order valence-corrected chi connectivity index (χ1v) is 12.4. The molecule has 3 aromatic carbocycles. The molecule has 1 saturated heterocycles. The van der Waals surface area contributed by atoms with Crippen molar-refractivity contribution in [2.24, 2.45) is 0 Å². The molecule has 0 saturated carbocycles. The van der Waals surface area contributed by atoms with Crippen LogP contribution in [0.4, 0.5) is 20.2 Å². The van der Waals surface area contributed by atoms with Crippen LogP contribution in [0, 0.1) is 11.6 Å². The lowest BCUT2D eigenvalue weighted by Crippen LogP contribution is -2.49. The molecular weight excluding hydrogens is 507 g/mol. The first kappa shape index (κ1) is 24.4. The Kier molecular flexibility index (Phi) is 7.09. The van der Waals surface area contributed by atoms with Crippen molar-refractivity contribution < 1.29 is 22.0 Å². The van der Waals surface area contributed by atoms with Crippen molar-refractivity contribution in [3.8, 4) is 0 Å². The van der Waals surface area contributed by atoms with Crippen LogP contribution in [-0.2, 0) is 10.0 Å². The van der Waals surface area contributed by atoms with Gasteiger partial charge in [-0.1, -0.05) is 35.3 Å². The monoisotopic (exact) mass is 525 g/mol. The highest BCUT2D eigenvalue weighted by atomic mass is 35.5. The van der Waals surface area contributed by atoms with E-state index in [1.54, 1.807) is 23.1 Å². The number of benzene rings is 3. The molecule has 0 atom stereocenters. The first-order valence-electron chi connectivity index (χ1n) is 10.2. The number of sulfonamides is 1. The number of rotatable bonds is 5. The SMILES string of the molecule is O=C(Nc1ccc(Cl)c(Cl)c1)c1ccc(F)c(S(=O)(=O)N2CCN(c3ccccc3F)CC2)c1. The second-order valence-electron chi connectivity index (χ2n) is 7.57. The molecule has 0 unspecified atom stereocenters. The van der Waals surface area contributed by atoms with E-state index in [1.807, 2.05) is 0 Å². The van der Waals surface area contributed by atoms with Crippen molar-refractivity contribution in [3.63, 3.8) is 0 Å². The molecule has 0 bridgehead atoms. The highest BCUT2D eigenvalue weighted by Crippen LogP contribution is 2.27. The third-order valence-corrected chi connectivity index (χ3v) is 8.07. The van der Waals surface area contributed by atoms with Crippen LogP contribution in [0.1, 0.15) is 10.4 Å². The van der Waals surface area contributed by atoms with Crippen LogP contribution in [0.3, 0.4) is 0 Å². The maximum Gasteiger partial charge on any atom is 0.255 e. The van der Waals surface area contributed by atoms with Gasteiger partial charge in [0.25, 0.3) is 5.91 Å². The molecule has 178 valence electrons. The Hall–Kier alpha value is -2.72. The van der Waals surface area contributed by atoms with E-state index in [1.165, 1.54) is 30.3 Å². The summed E-state index contributed by atoms with van der Waals surface area (Å²) in [4.78, 5) is 13.8. The van der Waals surface area contributed by atoms with E-state index in [9.17, 15) is 22.0 Å². The Labute approximate surface area is 205 Å². The molecule has 3 aromatic rings. The van der Waals surface area contributed by atoms with Gasteiger partial charge in [-0.05, 0) is 48.5 Å². The number of piperazine rings is 1. The largest absolute Gasteiger partial charge is 0.367 e. The fourth-order valence-electron chi connectivity index (χ4n) is 3.64. The molecule has 0 radical (unpaired) electrons. The van der Waals surface area contributed by atoms with E-state index >= 15 is 0 Å². The predicted molar refractivity (Wildman–Crippen MR) is 128 cm³/mol. The van der Waals surface area contributed by atoms with Gasteiger partial charge in [-0.2, -0.15) is 4.31 Å². The Morgan fingerprint density at radius 3 is 2.24 bits per heavy atom. The fourth-order valence-corrected chi connectivity index (χ4v) is 5.45. The van der Waals surface area contributed by atoms with E-state index < -0.39 is 32.5 Å². The molecule has 1 N–H and O–H groups in total. The van der Waals surface area contributed by atoms with Crippen molar-refractivity contribution in [1.82, 2.24) is 4.31 Å². The average molecular weight is 526 g/mol. The van der Waals surface area contributed by atoms with Crippen molar-refractivity contribution >= 4 is 50.5 Å². The number of para-hydroxylation sites is 1. The van der Waals surface area contributed by atoms with Crippen molar-refractivity contribution in [1.29, 1.82) is 0 Å². The Bertz CT molecular complexity index is 1350. The quantitative estimate of drug-likeness (QED) is 0.506.